The highest BCUT2D eigenvalue weighted by molar-refractivity contribution is 6.31. The van der Waals surface area contributed by atoms with Crippen molar-refractivity contribution < 1.29 is 23.1 Å². The molecule has 3 nitrogen and oxygen atoms in total. The number of carbonyl (C=O) groups excluding carboxylic acids is 2. The summed E-state index contributed by atoms with van der Waals surface area (Å²) in [5, 5.41) is -0.683. The molecule has 0 aliphatic rings. The molecule has 1 aromatic rings. The van der Waals surface area contributed by atoms with Crippen molar-refractivity contribution in [2.75, 3.05) is 0 Å². The van der Waals surface area contributed by atoms with Gasteiger partial charge in [0.1, 0.15) is 16.7 Å². The topological polar surface area (TPSA) is 43.4 Å². The molecule has 1 aromatic carbocycles. The van der Waals surface area contributed by atoms with Crippen molar-refractivity contribution in [1.82, 2.24) is 0 Å². The van der Waals surface area contributed by atoms with Crippen molar-refractivity contribution in [1.29, 1.82) is 0 Å². The van der Waals surface area contributed by atoms with E-state index in [0.29, 0.717) is 0 Å². The summed E-state index contributed by atoms with van der Waals surface area (Å²) in [4.78, 5) is 22.8. The number of hydrogen-bond acceptors (Lipinski definition) is 3. The van der Waals surface area contributed by atoms with Crippen molar-refractivity contribution in [3.8, 4) is 0 Å². The molecule has 0 unspecified atom stereocenters. The van der Waals surface area contributed by atoms with Gasteiger partial charge in [-0.05, 0) is 26.0 Å². The van der Waals surface area contributed by atoms with Crippen molar-refractivity contribution in [2.24, 2.45) is 0 Å². The van der Waals surface area contributed by atoms with Gasteiger partial charge in [0.05, 0.1) is 0 Å². The van der Waals surface area contributed by atoms with E-state index >= 15 is 0 Å². The molecule has 0 aliphatic carbocycles. The Morgan fingerprint density at radius 2 is 1.67 bits per heavy atom. The molecule has 6 heteroatoms. The van der Waals surface area contributed by atoms with E-state index in [4.69, 9.17) is 16.3 Å². The molecule has 98 valence electrons. The van der Waals surface area contributed by atoms with Crippen LogP contribution in [0.25, 0.3) is 0 Å². The number of hydrogen-bond donors (Lipinski definition) is 0. The first-order valence-electron chi connectivity index (χ1n) is 5.04. The number of ketones is 1. The highest BCUT2D eigenvalue weighted by atomic mass is 35.5. The van der Waals surface area contributed by atoms with Crippen LogP contribution in [0.3, 0.4) is 0 Å². The standard InChI is InChI=1S/C12H11ClF2O3/c1-6(16)18-12(2,3)11(17)7-4-8(14)10(13)9(15)5-7/h4-5H,1-3H3. The third-order valence-electron chi connectivity index (χ3n) is 2.19. The minimum atomic E-state index is -1.50. The van der Waals surface area contributed by atoms with Crippen LogP contribution < -0.4 is 0 Å². The summed E-state index contributed by atoms with van der Waals surface area (Å²) in [5.74, 6) is -3.47. The predicted octanol–water partition coefficient (Wildman–Crippen LogP) is 3.14. The molecule has 0 amide bonds. The van der Waals surface area contributed by atoms with Crippen molar-refractivity contribution in [3.63, 3.8) is 0 Å². The van der Waals surface area contributed by atoms with Crippen molar-refractivity contribution in [3.05, 3.63) is 34.4 Å². The fourth-order valence-corrected chi connectivity index (χ4v) is 1.55. The summed E-state index contributed by atoms with van der Waals surface area (Å²) in [6.45, 7) is 3.81. The van der Waals surface area contributed by atoms with Crippen molar-refractivity contribution in [2.45, 2.75) is 26.4 Å². The molecule has 0 aromatic heterocycles. The molecule has 0 N–H and O–H groups in total. The van der Waals surface area contributed by atoms with Crippen LogP contribution in [-0.2, 0) is 9.53 Å². The largest absolute Gasteiger partial charge is 0.451 e. The zero-order chi connectivity index (χ0) is 14.1. The van der Waals surface area contributed by atoms with Crippen LogP contribution in [0, 0.1) is 11.6 Å². The molecule has 0 aliphatic heterocycles. The van der Waals surface area contributed by atoms with Crippen LogP contribution in [0.1, 0.15) is 31.1 Å². The number of carbonyl (C=O) groups is 2. The summed E-state index contributed by atoms with van der Waals surface area (Å²) in [5.41, 5.74) is -1.75. The summed E-state index contributed by atoms with van der Waals surface area (Å²) >= 11 is 5.31. The van der Waals surface area contributed by atoms with E-state index in [0.717, 1.165) is 19.1 Å². The summed E-state index contributed by atoms with van der Waals surface area (Å²) < 4.78 is 31.2. The Morgan fingerprint density at radius 3 is 2.06 bits per heavy atom. The first-order valence-corrected chi connectivity index (χ1v) is 5.42. The third kappa shape index (κ3) is 3.04. The number of ether oxygens (including phenoxy) is 1. The maximum Gasteiger partial charge on any atom is 0.303 e. The van der Waals surface area contributed by atoms with Gasteiger partial charge in [0.25, 0.3) is 0 Å². The average Bonchev–Trinajstić information content (AvgIpc) is 2.22. The Kier molecular flexibility index (Phi) is 4.06. The Morgan fingerprint density at radius 1 is 1.22 bits per heavy atom. The summed E-state index contributed by atoms with van der Waals surface area (Å²) in [6, 6.07) is 1.61. The minimum Gasteiger partial charge on any atom is -0.451 e. The number of halogens is 3. The highest BCUT2D eigenvalue weighted by Gasteiger charge is 2.32. The monoisotopic (exact) mass is 276 g/mol. The van der Waals surface area contributed by atoms with Crippen LogP contribution in [-0.4, -0.2) is 17.4 Å². The van der Waals surface area contributed by atoms with Gasteiger partial charge < -0.3 is 4.74 Å². The second-order valence-electron chi connectivity index (χ2n) is 4.19. The van der Waals surface area contributed by atoms with Crippen LogP contribution in [0.4, 0.5) is 8.78 Å². The first-order chi connectivity index (χ1) is 8.15. The lowest BCUT2D eigenvalue weighted by molar-refractivity contribution is -0.149. The quantitative estimate of drug-likeness (QED) is 0.484. The van der Waals surface area contributed by atoms with E-state index in [1.165, 1.54) is 13.8 Å². The van der Waals surface area contributed by atoms with Gasteiger partial charge in [-0.25, -0.2) is 8.78 Å². The minimum absolute atomic E-state index is 0.249. The molecule has 0 radical (unpaired) electrons. The predicted molar refractivity (Wildman–Crippen MR) is 61.5 cm³/mol. The lowest BCUT2D eigenvalue weighted by Gasteiger charge is -2.22. The maximum atomic E-state index is 13.2. The van der Waals surface area contributed by atoms with E-state index in [-0.39, 0.29) is 5.56 Å². The lowest BCUT2D eigenvalue weighted by Crippen LogP contribution is -2.36. The van der Waals surface area contributed by atoms with Gasteiger partial charge >= 0.3 is 5.97 Å². The number of esters is 1. The van der Waals surface area contributed by atoms with Crippen molar-refractivity contribution >= 4 is 23.4 Å². The molecule has 18 heavy (non-hydrogen) atoms. The molecule has 0 atom stereocenters. The Labute approximate surface area is 108 Å². The van der Waals surface area contributed by atoms with Crippen LogP contribution in [0.15, 0.2) is 12.1 Å². The Bertz CT molecular complexity index is 489. The molecule has 1 rings (SSSR count). The first kappa shape index (κ1) is 14.6. The SMILES string of the molecule is CC(=O)OC(C)(C)C(=O)c1cc(F)c(Cl)c(F)c1. The van der Waals surface area contributed by atoms with E-state index in [1.54, 1.807) is 0 Å². The molecule has 0 heterocycles. The normalized spacial score (nSPS) is 11.2. The Hall–Kier alpha value is -1.49. The van der Waals surface area contributed by atoms with Gasteiger partial charge in [-0.3, -0.25) is 9.59 Å². The van der Waals surface area contributed by atoms with Crippen LogP contribution in [0.5, 0.6) is 0 Å². The Balaban J connectivity index is 3.15. The van der Waals surface area contributed by atoms with Gasteiger partial charge in [-0.15, -0.1) is 0 Å². The fraction of sp³-hybridized carbons (Fsp3) is 0.333. The molecule has 0 bridgehead atoms. The molecular formula is C12H11ClF2O3. The van der Waals surface area contributed by atoms with Gasteiger partial charge in [0.15, 0.2) is 5.60 Å². The molecule has 0 saturated heterocycles. The highest BCUT2D eigenvalue weighted by Crippen LogP contribution is 2.24. The molecule has 0 spiro atoms. The maximum absolute atomic E-state index is 13.2. The fourth-order valence-electron chi connectivity index (χ4n) is 1.44. The van der Waals surface area contributed by atoms with Gasteiger partial charge in [-0.1, -0.05) is 11.6 Å². The average molecular weight is 277 g/mol. The molecule has 0 saturated carbocycles. The smallest absolute Gasteiger partial charge is 0.303 e. The number of rotatable bonds is 3. The second-order valence-corrected chi connectivity index (χ2v) is 4.56. The second kappa shape index (κ2) is 5.02. The molecular weight excluding hydrogens is 266 g/mol. The van der Waals surface area contributed by atoms with Crippen LogP contribution in [0.2, 0.25) is 5.02 Å². The summed E-state index contributed by atoms with van der Waals surface area (Å²) in [7, 11) is 0. The lowest BCUT2D eigenvalue weighted by atomic mass is 9.96. The van der Waals surface area contributed by atoms with E-state index in [1.807, 2.05) is 0 Å². The van der Waals surface area contributed by atoms with Gasteiger partial charge in [0, 0.05) is 12.5 Å². The van der Waals surface area contributed by atoms with Gasteiger partial charge in [-0.2, -0.15) is 0 Å². The number of benzene rings is 1. The summed E-state index contributed by atoms with van der Waals surface area (Å²) in [6.07, 6.45) is 0. The third-order valence-corrected chi connectivity index (χ3v) is 2.55. The van der Waals surface area contributed by atoms with E-state index in [9.17, 15) is 18.4 Å². The van der Waals surface area contributed by atoms with E-state index in [2.05, 4.69) is 0 Å². The van der Waals surface area contributed by atoms with Gasteiger partial charge in [0.2, 0.25) is 5.78 Å². The van der Waals surface area contributed by atoms with Crippen LogP contribution >= 0.6 is 11.6 Å². The molecule has 0 fully saturated rings. The zero-order valence-corrected chi connectivity index (χ0v) is 10.8. The number of Topliss-reactive ketones (excluding diaryl/α,β-unsaturated/α-hetero) is 1. The zero-order valence-electron chi connectivity index (χ0n) is 10.0. The van der Waals surface area contributed by atoms with E-state index < -0.39 is 34.0 Å².